The first kappa shape index (κ1) is 14.5. The smallest absolute Gasteiger partial charge is 0.338 e. The molecule has 0 spiro atoms. The molecule has 0 saturated carbocycles. The van der Waals surface area contributed by atoms with Gasteiger partial charge >= 0.3 is 5.97 Å². The Bertz CT molecular complexity index is 663. The number of carboxylic acid groups (broad SMARTS) is 1. The van der Waals surface area contributed by atoms with Crippen LogP contribution in [0.2, 0.25) is 0 Å². The van der Waals surface area contributed by atoms with E-state index in [1.807, 2.05) is 20.8 Å². The number of carboxylic acids is 1. The van der Waals surface area contributed by atoms with Gasteiger partial charge in [0.05, 0.1) is 5.56 Å². The molecule has 0 bridgehead atoms. The molecule has 0 aliphatic carbocycles. The quantitative estimate of drug-likeness (QED) is 0.875. The zero-order valence-corrected chi connectivity index (χ0v) is 12.6. The molecule has 1 N–H and O–H groups in total. The topological polar surface area (TPSA) is 76.0 Å². The maximum Gasteiger partial charge on any atom is 0.338 e. The van der Waals surface area contributed by atoms with Crippen LogP contribution in [0.4, 0.5) is 0 Å². The van der Waals surface area contributed by atoms with Crippen molar-refractivity contribution in [1.29, 1.82) is 0 Å². The number of pyridine rings is 1. The van der Waals surface area contributed by atoms with Crippen LogP contribution in [-0.4, -0.2) is 26.0 Å². The third-order valence-electron chi connectivity index (χ3n) is 3.14. The predicted octanol–water partition coefficient (Wildman–Crippen LogP) is 2.95. The van der Waals surface area contributed by atoms with E-state index >= 15 is 0 Å². The van der Waals surface area contributed by atoms with Crippen LogP contribution in [0.3, 0.4) is 0 Å². The largest absolute Gasteiger partial charge is 0.478 e. The molecule has 6 heteroatoms. The van der Waals surface area contributed by atoms with Gasteiger partial charge in [0, 0.05) is 17.6 Å². The highest BCUT2D eigenvalue weighted by Gasteiger charge is 2.17. The molecule has 2 aromatic heterocycles. The van der Waals surface area contributed by atoms with E-state index < -0.39 is 5.97 Å². The lowest BCUT2D eigenvalue weighted by Gasteiger charge is -2.09. The second-order valence-corrected chi connectivity index (χ2v) is 5.47. The van der Waals surface area contributed by atoms with E-state index in [0.29, 0.717) is 15.7 Å². The van der Waals surface area contributed by atoms with Crippen LogP contribution in [-0.2, 0) is 0 Å². The molecule has 0 fully saturated rings. The minimum Gasteiger partial charge on any atom is -0.478 e. The molecule has 0 aromatic carbocycles. The first-order valence-electron chi connectivity index (χ1n) is 6.08. The monoisotopic (exact) mass is 289 g/mol. The van der Waals surface area contributed by atoms with E-state index in [4.69, 9.17) is 0 Å². The Morgan fingerprint density at radius 2 is 1.75 bits per heavy atom. The number of aromatic nitrogens is 3. The molecule has 2 rings (SSSR count). The lowest BCUT2D eigenvalue weighted by Crippen LogP contribution is -2.05. The van der Waals surface area contributed by atoms with Crippen LogP contribution in [0, 0.1) is 27.7 Å². The van der Waals surface area contributed by atoms with E-state index in [0.717, 1.165) is 17.0 Å². The second-order valence-electron chi connectivity index (χ2n) is 4.52. The summed E-state index contributed by atoms with van der Waals surface area (Å²) in [4.78, 5) is 24.2. The Balaban J connectivity index is 2.45. The Kier molecular flexibility index (Phi) is 4.04. The summed E-state index contributed by atoms with van der Waals surface area (Å²) >= 11 is 1.18. The number of carbonyl (C=O) groups is 1. The molecule has 2 heterocycles. The van der Waals surface area contributed by atoms with Crippen LogP contribution in [0.15, 0.2) is 22.4 Å². The summed E-state index contributed by atoms with van der Waals surface area (Å²) in [6, 6.07) is 1.68. The van der Waals surface area contributed by atoms with Gasteiger partial charge in [0.1, 0.15) is 5.03 Å². The van der Waals surface area contributed by atoms with Crippen molar-refractivity contribution in [1.82, 2.24) is 15.0 Å². The second kappa shape index (κ2) is 5.58. The Labute approximate surface area is 121 Å². The van der Waals surface area contributed by atoms with Crippen molar-refractivity contribution in [2.45, 2.75) is 37.9 Å². The summed E-state index contributed by atoms with van der Waals surface area (Å²) in [5.74, 6) is -0.987. The van der Waals surface area contributed by atoms with Crippen LogP contribution in [0.5, 0.6) is 0 Å². The Morgan fingerprint density at radius 3 is 2.30 bits per heavy atom. The first-order valence-corrected chi connectivity index (χ1v) is 6.90. The summed E-state index contributed by atoms with van der Waals surface area (Å²) in [7, 11) is 0. The molecule has 0 aliphatic rings. The van der Waals surface area contributed by atoms with E-state index in [1.165, 1.54) is 11.8 Å². The van der Waals surface area contributed by atoms with E-state index in [9.17, 15) is 9.90 Å². The van der Waals surface area contributed by atoms with Gasteiger partial charge in [-0.05, 0) is 56.7 Å². The van der Waals surface area contributed by atoms with Crippen molar-refractivity contribution < 1.29 is 9.90 Å². The van der Waals surface area contributed by atoms with E-state index in [2.05, 4.69) is 15.0 Å². The molecule has 104 valence electrons. The summed E-state index contributed by atoms with van der Waals surface area (Å²) in [6.07, 6.45) is 1.60. The molecule has 0 unspecified atom stereocenters. The van der Waals surface area contributed by atoms with Crippen molar-refractivity contribution in [2.24, 2.45) is 0 Å². The van der Waals surface area contributed by atoms with E-state index in [1.54, 1.807) is 19.2 Å². The molecular weight excluding hydrogens is 274 g/mol. The van der Waals surface area contributed by atoms with Crippen molar-refractivity contribution in [3.8, 4) is 0 Å². The average Bonchev–Trinajstić information content (AvgIpc) is 2.35. The van der Waals surface area contributed by atoms with Gasteiger partial charge < -0.3 is 5.11 Å². The summed E-state index contributed by atoms with van der Waals surface area (Å²) in [5, 5.41) is 10.2. The number of nitrogens with zero attached hydrogens (tertiary/aromatic N) is 3. The summed E-state index contributed by atoms with van der Waals surface area (Å²) in [6.45, 7) is 7.54. The maximum absolute atomic E-state index is 11.3. The van der Waals surface area contributed by atoms with Gasteiger partial charge in [0.25, 0.3) is 0 Å². The summed E-state index contributed by atoms with van der Waals surface area (Å²) < 4.78 is 0. The molecule has 0 aliphatic heterocycles. The number of hydrogen-bond donors (Lipinski definition) is 1. The fourth-order valence-corrected chi connectivity index (χ4v) is 2.75. The molecule has 0 saturated heterocycles. The number of rotatable bonds is 3. The Morgan fingerprint density at radius 1 is 1.15 bits per heavy atom. The number of hydrogen-bond acceptors (Lipinski definition) is 5. The molecule has 0 amide bonds. The van der Waals surface area contributed by atoms with Crippen LogP contribution >= 0.6 is 11.8 Å². The van der Waals surface area contributed by atoms with Crippen LogP contribution in [0.1, 0.15) is 32.9 Å². The SMILES string of the molecule is Cc1ccnc(Sc2nc(C)c(C)c(C)n2)c1C(=O)O. The standard InChI is InChI=1S/C14H15N3O2S/c1-7-5-6-15-12(11(7)13(18)19)20-14-16-9(3)8(2)10(4)17-14/h5-6H,1-4H3,(H,18,19). The van der Waals surface area contributed by atoms with Gasteiger partial charge in [-0.2, -0.15) is 0 Å². The highest BCUT2D eigenvalue weighted by molar-refractivity contribution is 7.99. The minimum absolute atomic E-state index is 0.206. The highest BCUT2D eigenvalue weighted by Crippen LogP contribution is 2.28. The van der Waals surface area contributed by atoms with Gasteiger partial charge in [0.2, 0.25) is 0 Å². The zero-order valence-electron chi connectivity index (χ0n) is 11.8. The normalized spacial score (nSPS) is 10.6. The van der Waals surface area contributed by atoms with Crippen molar-refractivity contribution in [3.63, 3.8) is 0 Å². The van der Waals surface area contributed by atoms with E-state index in [-0.39, 0.29) is 5.56 Å². The first-order chi connectivity index (χ1) is 9.40. The number of aryl methyl sites for hydroxylation is 3. The lowest BCUT2D eigenvalue weighted by atomic mass is 10.2. The van der Waals surface area contributed by atoms with Crippen molar-refractivity contribution in [3.05, 3.63) is 40.3 Å². The fourth-order valence-electron chi connectivity index (χ4n) is 1.74. The van der Waals surface area contributed by atoms with Gasteiger partial charge in [-0.25, -0.2) is 19.7 Å². The molecule has 5 nitrogen and oxygen atoms in total. The highest BCUT2D eigenvalue weighted by atomic mass is 32.2. The van der Waals surface area contributed by atoms with Gasteiger partial charge in [-0.3, -0.25) is 0 Å². The minimum atomic E-state index is -0.987. The predicted molar refractivity (Wildman–Crippen MR) is 76.3 cm³/mol. The number of aromatic carboxylic acids is 1. The fraction of sp³-hybridized carbons (Fsp3) is 0.286. The molecule has 2 aromatic rings. The summed E-state index contributed by atoms with van der Waals surface area (Å²) in [5.41, 5.74) is 3.71. The lowest BCUT2D eigenvalue weighted by molar-refractivity contribution is 0.0691. The molecule has 0 atom stereocenters. The Hall–Kier alpha value is -1.95. The molecule has 20 heavy (non-hydrogen) atoms. The van der Waals surface area contributed by atoms with Gasteiger partial charge in [-0.15, -0.1) is 0 Å². The molecular formula is C14H15N3O2S. The third-order valence-corrected chi connectivity index (χ3v) is 4.01. The average molecular weight is 289 g/mol. The third kappa shape index (κ3) is 2.80. The zero-order chi connectivity index (χ0) is 14.9. The van der Waals surface area contributed by atoms with Crippen LogP contribution < -0.4 is 0 Å². The van der Waals surface area contributed by atoms with Crippen molar-refractivity contribution >= 4 is 17.7 Å². The van der Waals surface area contributed by atoms with Crippen molar-refractivity contribution in [2.75, 3.05) is 0 Å². The molecule has 0 radical (unpaired) electrons. The van der Waals surface area contributed by atoms with Gasteiger partial charge in [0.15, 0.2) is 5.16 Å². The van der Waals surface area contributed by atoms with Gasteiger partial charge in [-0.1, -0.05) is 0 Å². The maximum atomic E-state index is 11.3. The van der Waals surface area contributed by atoms with Crippen LogP contribution in [0.25, 0.3) is 0 Å².